The highest BCUT2D eigenvalue weighted by Crippen LogP contribution is 2.15. The number of hydrogen-bond donors (Lipinski definition) is 2. The van der Waals surface area contributed by atoms with Gasteiger partial charge in [-0.3, -0.25) is 14.7 Å². The summed E-state index contributed by atoms with van der Waals surface area (Å²) in [5.41, 5.74) is 0.750. The quantitative estimate of drug-likeness (QED) is 0.605. The van der Waals surface area contributed by atoms with Gasteiger partial charge < -0.3 is 15.5 Å². The highest BCUT2D eigenvalue weighted by atomic mass is 35.5. The van der Waals surface area contributed by atoms with Crippen molar-refractivity contribution in [2.24, 2.45) is 10.4 Å². The van der Waals surface area contributed by atoms with Crippen molar-refractivity contribution in [1.29, 1.82) is 0 Å². The van der Waals surface area contributed by atoms with Crippen LogP contribution in [0.2, 0.25) is 5.02 Å². The number of rotatable bonds is 5. The van der Waals surface area contributed by atoms with Crippen molar-refractivity contribution in [1.82, 2.24) is 20.4 Å². The van der Waals surface area contributed by atoms with Gasteiger partial charge in [-0.2, -0.15) is 0 Å². The Morgan fingerprint density at radius 2 is 1.96 bits per heavy atom. The molecule has 1 saturated heterocycles. The molecule has 0 atom stereocenters. The van der Waals surface area contributed by atoms with E-state index in [1.54, 1.807) is 14.1 Å². The van der Waals surface area contributed by atoms with Crippen LogP contribution in [0.3, 0.4) is 0 Å². The minimum absolute atomic E-state index is 0.0202. The van der Waals surface area contributed by atoms with Gasteiger partial charge in [0.15, 0.2) is 5.96 Å². The predicted octanol–water partition coefficient (Wildman–Crippen LogP) is 1.81. The van der Waals surface area contributed by atoms with E-state index < -0.39 is 5.41 Å². The topological polar surface area (TPSA) is 60.0 Å². The smallest absolute Gasteiger partial charge is 0.227 e. The molecule has 0 bridgehead atoms. The van der Waals surface area contributed by atoms with E-state index in [2.05, 4.69) is 31.5 Å². The molecule has 1 heterocycles. The number of amides is 1. The zero-order chi connectivity index (χ0) is 19.2. The van der Waals surface area contributed by atoms with Crippen molar-refractivity contribution in [2.45, 2.75) is 20.4 Å². The van der Waals surface area contributed by atoms with Crippen molar-refractivity contribution in [3.8, 4) is 0 Å². The lowest BCUT2D eigenvalue weighted by atomic mass is 9.92. The lowest BCUT2D eigenvalue weighted by molar-refractivity contribution is -0.128. The number of halogens is 1. The molecule has 1 aromatic carbocycles. The molecular formula is C19H30ClN5O. The Kier molecular flexibility index (Phi) is 7.29. The van der Waals surface area contributed by atoms with Crippen LogP contribution < -0.4 is 10.6 Å². The van der Waals surface area contributed by atoms with Crippen molar-refractivity contribution in [2.75, 3.05) is 46.8 Å². The Balaban J connectivity index is 1.84. The van der Waals surface area contributed by atoms with Crippen molar-refractivity contribution in [3.05, 3.63) is 34.9 Å². The van der Waals surface area contributed by atoms with Gasteiger partial charge >= 0.3 is 0 Å². The van der Waals surface area contributed by atoms with Crippen LogP contribution in [0.1, 0.15) is 19.4 Å². The maximum atomic E-state index is 11.9. The van der Waals surface area contributed by atoms with E-state index in [1.165, 1.54) is 5.56 Å². The average molecular weight is 380 g/mol. The fourth-order valence-electron chi connectivity index (χ4n) is 3.06. The van der Waals surface area contributed by atoms with Gasteiger partial charge in [0, 0.05) is 58.4 Å². The molecule has 6 nitrogen and oxygen atoms in total. The molecule has 2 N–H and O–H groups in total. The number of piperazine rings is 1. The lowest BCUT2D eigenvalue weighted by Crippen LogP contribution is -2.54. The molecule has 1 aliphatic rings. The minimum Gasteiger partial charge on any atom is -0.359 e. The largest absolute Gasteiger partial charge is 0.359 e. The standard InChI is InChI=1S/C19H30ClN5O/c1-19(2,17(26)21-3)14-23-18(22-4)25-10-8-24(9-11-25)13-15-6-5-7-16(20)12-15/h5-7,12H,8-11,13-14H2,1-4H3,(H,21,26)(H,22,23). The third-order valence-corrected chi connectivity index (χ3v) is 4.94. The highest BCUT2D eigenvalue weighted by molar-refractivity contribution is 6.30. The highest BCUT2D eigenvalue weighted by Gasteiger charge is 2.28. The molecule has 1 amide bonds. The predicted molar refractivity (Wildman–Crippen MR) is 108 cm³/mol. The SMILES string of the molecule is CN=C(NCC(C)(C)C(=O)NC)N1CCN(Cc2cccc(Cl)c2)CC1. The molecule has 1 aliphatic heterocycles. The molecule has 0 spiro atoms. The molecule has 0 aliphatic carbocycles. The van der Waals surface area contributed by atoms with Gasteiger partial charge in [-0.1, -0.05) is 23.7 Å². The number of aliphatic imine (C=N–C) groups is 1. The number of guanidine groups is 1. The summed E-state index contributed by atoms with van der Waals surface area (Å²) in [4.78, 5) is 21.0. The minimum atomic E-state index is -0.487. The molecular weight excluding hydrogens is 350 g/mol. The van der Waals surface area contributed by atoms with Crippen LogP contribution >= 0.6 is 11.6 Å². The number of nitrogens with one attached hydrogen (secondary N) is 2. The number of carbonyl (C=O) groups excluding carboxylic acids is 1. The molecule has 0 radical (unpaired) electrons. The first kappa shape index (κ1) is 20.5. The van der Waals surface area contributed by atoms with Crippen molar-refractivity contribution >= 4 is 23.5 Å². The summed E-state index contributed by atoms with van der Waals surface area (Å²) in [5.74, 6) is 0.871. The van der Waals surface area contributed by atoms with Gasteiger partial charge in [0.1, 0.15) is 0 Å². The van der Waals surface area contributed by atoms with Crippen LogP contribution in [0.25, 0.3) is 0 Å². The van der Waals surface area contributed by atoms with E-state index in [1.807, 2.05) is 32.0 Å². The van der Waals surface area contributed by atoms with Gasteiger partial charge in [0.25, 0.3) is 0 Å². The summed E-state index contributed by atoms with van der Waals surface area (Å²) < 4.78 is 0. The Hall–Kier alpha value is -1.79. The summed E-state index contributed by atoms with van der Waals surface area (Å²) >= 11 is 6.07. The molecule has 144 valence electrons. The summed E-state index contributed by atoms with van der Waals surface area (Å²) in [6.45, 7) is 9.04. The number of nitrogens with zero attached hydrogens (tertiary/aromatic N) is 3. The second kappa shape index (κ2) is 9.24. The normalized spacial score (nSPS) is 16.5. The van der Waals surface area contributed by atoms with Gasteiger partial charge in [0.2, 0.25) is 5.91 Å². The maximum absolute atomic E-state index is 11.9. The Labute approximate surface area is 161 Å². The van der Waals surface area contributed by atoms with Crippen LogP contribution in [-0.4, -0.2) is 68.5 Å². The van der Waals surface area contributed by atoms with E-state index in [-0.39, 0.29) is 5.91 Å². The van der Waals surface area contributed by atoms with E-state index >= 15 is 0 Å². The molecule has 26 heavy (non-hydrogen) atoms. The zero-order valence-corrected chi connectivity index (χ0v) is 16.9. The Morgan fingerprint density at radius 3 is 2.54 bits per heavy atom. The van der Waals surface area contributed by atoms with Gasteiger partial charge in [-0.25, -0.2) is 0 Å². The van der Waals surface area contributed by atoms with Gasteiger partial charge in [-0.05, 0) is 31.5 Å². The van der Waals surface area contributed by atoms with Gasteiger partial charge in [-0.15, -0.1) is 0 Å². The second-order valence-electron chi connectivity index (χ2n) is 7.26. The summed E-state index contributed by atoms with van der Waals surface area (Å²) in [6.07, 6.45) is 0. The van der Waals surface area contributed by atoms with Crippen LogP contribution in [0, 0.1) is 5.41 Å². The summed E-state index contributed by atoms with van der Waals surface area (Å²) in [5, 5.41) is 6.84. The van der Waals surface area contributed by atoms with E-state index in [9.17, 15) is 4.79 Å². The summed E-state index contributed by atoms with van der Waals surface area (Å²) in [6, 6.07) is 8.03. The van der Waals surface area contributed by atoms with Crippen molar-refractivity contribution in [3.63, 3.8) is 0 Å². The molecule has 7 heteroatoms. The molecule has 2 rings (SSSR count). The first-order valence-corrected chi connectivity index (χ1v) is 9.38. The van der Waals surface area contributed by atoms with Gasteiger partial charge in [0.05, 0.1) is 5.41 Å². The molecule has 1 aromatic rings. The third-order valence-electron chi connectivity index (χ3n) is 4.71. The van der Waals surface area contributed by atoms with Crippen LogP contribution in [0.5, 0.6) is 0 Å². The zero-order valence-electron chi connectivity index (χ0n) is 16.2. The monoisotopic (exact) mass is 379 g/mol. The number of carbonyl (C=O) groups is 1. The van der Waals surface area contributed by atoms with Crippen LogP contribution in [-0.2, 0) is 11.3 Å². The maximum Gasteiger partial charge on any atom is 0.227 e. The molecule has 1 fully saturated rings. The molecule has 0 saturated carbocycles. The first-order chi connectivity index (χ1) is 12.4. The van der Waals surface area contributed by atoms with E-state index in [4.69, 9.17) is 11.6 Å². The third kappa shape index (κ3) is 5.61. The molecule has 0 aromatic heterocycles. The van der Waals surface area contributed by atoms with E-state index in [0.29, 0.717) is 6.54 Å². The fourth-order valence-corrected chi connectivity index (χ4v) is 3.28. The Bertz CT molecular complexity index is 639. The summed E-state index contributed by atoms with van der Waals surface area (Å²) in [7, 11) is 3.45. The first-order valence-electron chi connectivity index (χ1n) is 9.00. The van der Waals surface area contributed by atoms with Crippen LogP contribution in [0.4, 0.5) is 0 Å². The number of hydrogen-bond acceptors (Lipinski definition) is 3. The average Bonchev–Trinajstić information content (AvgIpc) is 2.62. The van der Waals surface area contributed by atoms with Crippen LogP contribution in [0.15, 0.2) is 29.3 Å². The van der Waals surface area contributed by atoms with E-state index in [0.717, 1.165) is 43.7 Å². The fraction of sp³-hybridized carbons (Fsp3) is 0.579. The van der Waals surface area contributed by atoms with Crippen molar-refractivity contribution < 1.29 is 4.79 Å². The second-order valence-corrected chi connectivity index (χ2v) is 7.69. The molecule has 0 unspecified atom stereocenters. The number of benzene rings is 1. The Morgan fingerprint density at radius 1 is 1.27 bits per heavy atom. The lowest BCUT2D eigenvalue weighted by Gasteiger charge is -2.37.